The van der Waals surface area contributed by atoms with Crippen molar-refractivity contribution in [3.63, 3.8) is 0 Å². The van der Waals surface area contributed by atoms with Gasteiger partial charge in [-0.1, -0.05) is 40.6 Å². The number of aryl methyl sites for hydroxylation is 1. The lowest BCUT2D eigenvalue weighted by Crippen LogP contribution is -2.14. The number of hydrogen-bond acceptors (Lipinski definition) is 5. The fourth-order valence-corrected chi connectivity index (χ4v) is 2.74. The number of benzene rings is 2. The van der Waals surface area contributed by atoms with Crippen LogP contribution in [0.4, 0.5) is 13.2 Å². The van der Waals surface area contributed by atoms with E-state index in [-0.39, 0.29) is 17.9 Å². The van der Waals surface area contributed by atoms with Crippen LogP contribution in [0.15, 0.2) is 52.8 Å². The Balaban J connectivity index is 2.33. The molecule has 0 atom stereocenters. The van der Waals surface area contributed by atoms with E-state index in [9.17, 15) is 18.0 Å². The van der Waals surface area contributed by atoms with Crippen molar-refractivity contribution in [1.82, 2.24) is 0 Å². The van der Waals surface area contributed by atoms with Crippen molar-refractivity contribution < 1.29 is 27.6 Å². The van der Waals surface area contributed by atoms with E-state index in [0.717, 1.165) is 28.8 Å². The third kappa shape index (κ3) is 5.66. The molecule has 0 fully saturated rings. The Hall–Kier alpha value is -3.16. The van der Waals surface area contributed by atoms with Crippen molar-refractivity contribution in [2.24, 2.45) is 10.3 Å². The van der Waals surface area contributed by atoms with Crippen LogP contribution in [0.1, 0.15) is 41.7 Å². The van der Waals surface area contributed by atoms with Gasteiger partial charge in [0.25, 0.3) is 0 Å². The second-order valence-corrected chi connectivity index (χ2v) is 6.31. The summed E-state index contributed by atoms with van der Waals surface area (Å²) in [5.74, 6) is -0.508. The first-order valence-corrected chi connectivity index (χ1v) is 8.70. The number of oxime groups is 2. The lowest BCUT2D eigenvalue weighted by atomic mass is 10.00. The van der Waals surface area contributed by atoms with E-state index in [1.807, 2.05) is 25.1 Å². The van der Waals surface area contributed by atoms with Crippen LogP contribution >= 0.6 is 0 Å². The third-order valence-electron chi connectivity index (χ3n) is 4.19. The number of nitrogens with zero attached hydrogens (tertiary/aromatic N) is 2. The summed E-state index contributed by atoms with van der Waals surface area (Å²) < 4.78 is 38.9. The van der Waals surface area contributed by atoms with Crippen LogP contribution in [0, 0.1) is 6.92 Å². The van der Waals surface area contributed by atoms with Gasteiger partial charge in [0.1, 0.15) is 13.7 Å². The Morgan fingerprint density at radius 3 is 2.38 bits per heavy atom. The Morgan fingerprint density at radius 2 is 1.76 bits per heavy atom. The number of alkyl halides is 3. The van der Waals surface area contributed by atoms with Crippen molar-refractivity contribution in [3.05, 3.63) is 70.3 Å². The maximum absolute atomic E-state index is 13.0. The molecule has 5 nitrogen and oxygen atoms in total. The van der Waals surface area contributed by atoms with Crippen molar-refractivity contribution in [1.29, 1.82) is 0 Å². The van der Waals surface area contributed by atoms with Crippen LogP contribution in [0.25, 0.3) is 0 Å². The van der Waals surface area contributed by atoms with Gasteiger partial charge in [0.05, 0.1) is 11.3 Å². The highest BCUT2D eigenvalue weighted by Gasteiger charge is 2.31. The van der Waals surface area contributed by atoms with Crippen LogP contribution in [0.2, 0.25) is 0 Å². The summed E-state index contributed by atoms with van der Waals surface area (Å²) in [6, 6.07) is 9.98. The molecular weight excluding hydrogens is 385 g/mol. The molecule has 0 amide bonds. The van der Waals surface area contributed by atoms with Crippen LogP contribution < -0.4 is 0 Å². The normalized spacial score (nSPS) is 12.7. The van der Waals surface area contributed by atoms with Gasteiger partial charge in [0.2, 0.25) is 0 Å². The summed E-state index contributed by atoms with van der Waals surface area (Å²) >= 11 is 0. The molecule has 0 unspecified atom stereocenters. The number of Topliss-reactive ketones (excluding diaryl/α,β-unsaturated/α-hetero) is 1. The minimum atomic E-state index is -4.52. The zero-order chi connectivity index (χ0) is 21.6. The average molecular weight is 406 g/mol. The molecule has 2 aromatic carbocycles. The number of hydrogen-bond donors (Lipinski definition) is 0. The number of carbonyl (C=O) groups excluding carboxylic acids is 1. The molecule has 0 saturated heterocycles. The highest BCUT2D eigenvalue weighted by atomic mass is 19.4. The lowest BCUT2D eigenvalue weighted by Gasteiger charge is -2.12. The van der Waals surface area contributed by atoms with Gasteiger partial charge < -0.3 is 9.68 Å². The summed E-state index contributed by atoms with van der Waals surface area (Å²) in [6.45, 7) is 4.88. The van der Waals surface area contributed by atoms with E-state index in [1.165, 1.54) is 26.2 Å². The van der Waals surface area contributed by atoms with Crippen LogP contribution in [0.5, 0.6) is 0 Å². The molecule has 0 heterocycles. The second-order valence-electron chi connectivity index (χ2n) is 6.31. The maximum atomic E-state index is 13.0. The van der Waals surface area contributed by atoms with Crippen molar-refractivity contribution >= 4 is 17.2 Å². The highest BCUT2D eigenvalue weighted by molar-refractivity contribution is 6.45. The first-order chi connectivity index (χ1) is 13.6. The van der Waals surface area contributed by atoms with E-state index >= 15 is 0 Å². The fraction of sp³-hybridized carbons (Fsp3) is 0.286. The zero-order valence-corrected chi connectivity index (χ0v) is 16.5. The minimum absolute atomic E-state index is 0.00826. The second kappa shape index (κ2) is 9.36. The Morgan fingerprint density at radius 1 is 1.07 bits per heavy atom. The van der Waals surface area contributed by atoms with E-state index in [2.05, 4.69) is 10.3 Å². The molecule has 0 saturated carbocycles. The van der Waals surface area contributed by atoms with E-state index < -0.39 is 17.5 Å². The molecule has 2 aromatic rings. The minimum Gasteiger partial charge on any atom is -0.399 e. The highest BCUT2D eigenvalue weighted by Crippen LogP contribution is 2.29. The van der Waals surface area contributed by atoms with Gasteiger partial charge in [0.15, 0.2) is 11.5 Å². The molecule has 8 heteroatoms. The van der Waals surface area contributed by atoms with Crippen LogP contribution in [0.3, 0.4) is 0 Å². The van der Waals surface area contributed by atoms with Gasteiger partial charge in [-0.05, 0) is 31.5 Å². The molecule has 0 aliphatic carbocycles. The Bertz CT molecular complexity index is 950. The molecular formula is C21H21F3N2O3. The fourth-order valence-electron chi connectivity index (χ4n) is 2.74. The van der Waals surface area contributed by atoms with Gasteiger partial charge in [0, 0.05) is 23.6 Å². The van der Waals surface area contributed by atoms with Crippen LogP contribution in [-0.2, 0) is 27.3 Å². The topological polar surface area (TPSA) is 60.2 Å². The molecule has 0 aromatic heterocycles. The Labute approximate surface area is 166 Å². The molecule has 0 N–H and O–H groups in total. The summed E-state index contributed by atoms with van der Waals surface area (Å²) in [5, 5.41) is 7.74. The van der Waals surface area contributed by atoms with Gasteiger partial charge in [-0.3, -0.25) is 4.79 Å². The van der Waals surface area contributed by atoms with Gasteiger partial charge in [-0.25, -0.2) is 0 Å². The summed E-state index contributed by atoms with van der Waals surface area (Å²) in [4.78, 5) is 22.1. The molecule has 154 valence electrons. The zero-order valence-electron chi connectivity index (χ0n) is 16.5. The largest absolute Gasteiger partial charge is 0.416 e. The summed E-state index contributed by atoms with van der Waals surface area (Å²) in [7, 11) is 1.44. The molecule has 0 aliphatic rings. The molecule has 2 rings (SSSR count). The number of halogens is 3. The van der Waals surface area contributed by atoms with Crippen molar-refractivity contribution in [3.8, 4) is 0 Å². The van der Waals surface area contributed by atoms with Crippen LogP contribution in [-0.4, -0.2) is 24.3 Å². The SMILES string of the molecule is CO/N=C(/C)c1cccc(C)c1CO/N=C(\C(C)=O)c1cccc(C(F)(F)F)c1. The van der Waals surface area contributed by atoms with Gasteiger partial charge in [-0.15, -0.1) is 0 Å². The maximum Gasteiger partial charge on any atom is 0.416 e. The lowest BCUT2D eigenvalue weighted by molar-refractivity contribution is -0.137. The van der Waals surface area contributed by atoms with Crippen molar-refractivity contribution in [2.75, 3.05) is 7.11 Å². The third-order valence-corrected chi connectivity index (χ3v) is 4.19. The number of carbonyl (C=O) groups is 1. The molecule has 0 radical (unpaired) electrons. The predicted molar refractivity (Wildman–Crippen MR) is 104 cm³/mol. The first-order valence-electron chi connectivity index (χ1n) is 8.70. The average Bonchev–Trinajstić information content (AvgIpc) is 2.65. The monoisotopic (exact) mass is 406 g/mol. The van der Waals surface area contributed by atoms with Gasteiger partial charge in [-0.2, -0.15) is 13.2 Å². The summed E-state index contributed by atoms with van der Waals surface area (Å²) in [5.41, 5.74) is 2.08. The Kier molecular flexibility index (Phi) is 7.14. The van der Waals surface area contributed by atoms with E-state index in [1.54, 1.807) is 6.92 Å². The van der Waals surface area contributed by atoms with E-state index in [0.29, 0.717) is 5.71 Å². The van der Waals surface area contributed by atoms with Crippen molar-refractivity contribution in [2.45, 2.75) is 33.6 Å². The predicted octanol–water partition coefficient (Wildman–Crippen LogP) is 4.89. The van der Waals surface area contributed by atoms with Gasteiger partial charge >= 0.3 is 6.18 Å². The molecule has 0 bridgehead atoms. The molecule has 0 aliphatic heterocycles. The number of ketones is 1. The van der Waals surface area contributed by atoms with E-state index in [4.69, 9.17) is 9.68 Å². The standard InChI is InChI=1S/C21H21F3N2O3/c1-13-7-5-10-18(14(2)25-28-4)19(13)12-29-26-20(15(3)27)16-8-6-9-17(11-16)21(22,23)24/h5-11H,12H2,1-4H3/b25-14-,26-20+. The molecule has 0 spiro atoms. The smallest absolute Gasteiger partial charge is 0.399 e. The molecule has 29 heavy (non-hydrogen) atoms. The quantitative estimate of drug-likeness (QED) is 0.486. The number of rotatable bonds is 7. The summed E-state index contributed by atoms with van der Waals surface area (Å²) in [6.07, 6.45) is -4.52. The first kappa shape index (κ1) is 22.1.